The van der Waals surface area contributed by atoms with E-state index in [-0.39, 0.29) is 17.0 Å². The molecule has 0 amide bonds. The third-order valence-electron chi connectivity index (χ3n) is 2.87. The van der Waals surface area contributed by atoms with Crippen molar-refractivity contribution in [2.45, 2.75) is 0 Å². The molecule has 0 spiro atoms. The molecule has 21 heavy (non-hydrogen) atoms. The number of nitrogens with one attached hydrogen (secondary N) is 3. The highest BCUT2D eigenvalue weighted by Crippen LogP contribution is 2.16. The predicted octanol–water partition coefficient (Wildman–Crippen LogP) is 1.02. The molecule has 3 rings (SSSR count). The Labute approximate surface area is 118 Å². The number of benzene rings is 1. The maximum Gasteiger partial charge on any atom is 0.255 e. The molecule has 0 atom stereocenters. The number of nitrogens with zero attached hydrogens (tertiary/aromatic N) is 4. The summed E-state index contributed by atoms with van der Waals surface area (Å²) in [5, 5.41) is 26.5. The zero-order valence-corrected chi connectivity index (χ0v) is 10.7. The molecule has 102 valence electrons. The van der Waals surface area contributed by atoms with Crippen molar-refractivity contribution in [1.82, 2.24) is 25.6 Å². The van der Waals surface area contributed by atoms with Crippen LogP contribution >= 0.6 is 0 Å². The van der Waals surface area contributed by atoms with Crippen molar-refractivity contribution in [3.05, 3.63) is 52.8 Å². The van der Waals surface area contributed by atoms with Gasteiger partial charge in [-0.2, -0.15) is 10.5 Å². The lowest BCUT2D eigenvalue weighted by molar-refractivity contribution is 0.881. The first-order chi connectivity index (χ1) is 10.3. The minimum atomic E-state index is -0.168. The fraction of sp³-hybridized carbons (Fsp3) is 0. The lowest BCUT2D eigenvalue weighted by Crippen LogP contribution is -2.04. The number of fused-ring (bicyclic) bond motifs is 1. The van der Waals surface area contributed by atoms with Crippen LogP contribution in [0, 0.1) is 11.3 Å². The van der Waals surface area contributed by atoms with Crippen LogP contribution in [0.5, 0.6) is 0 Å². The molecule has 0 unspecified atom stereocenters. The largest absolute Gasteiger partial charge is 0.360 e. The van der Waals surface area contributed by atoms with Crippen LogP contribution in [0.3, 0.4) is 0 Å². The van der Waals surface area contributed by atoms with Gasteiger partial charge in [-0.3, -0.25) is 4.79 Å². The minimum absolute atomic E-state index is 0.168. The molecule has 0 saturated carbocycles. The Balaban J connectivity index is 1.94. The number of aromatic amines is 2. The number of hydrogen-bond acceptors (Lipinski definition) is 6. The van der Waals surface area contributed by atoms with Crippen LogP contribution in [0.4, 0.5) is 5.69 Å². The zero-order chi connectivity index (χ0) is 14.7. The zero-order valence-electron chi connectivity index (χ0n) is 10.7. The number of hydrogen-bond donors (Lipinski definition) is 3. The Bertz CT molecular complexity index is 902. The van der Waals surface area contributed by atoms with E-state index in [1.807, 2.05) is 24.3 Å². The molecule has 0 bridgehead atoms. The Hall–Kier alpha value is -3.47. The van der Waals surface area contributed by atoms with E-state index in [2.05, 4.69) is 30.9 Å². The van der Waals surface area contributed by atoms with E-state index in [0.29, 0.717) is 11.1 Å². The Kier molecular flexibility index (Phi) is 3.15. The highest BCUT2D eigenvalue weighted by Gasteiger charge is 2.05. The summed E-state index contributed by atoms with van der Waals surface area (Å²) in [4.78, 5) is 14.3. The smallest absolute Gasteiger partial charge is 0.255 e. The van der Waals surface area contributed by atoms with Crippen LogP contribution in [0.15, 0.2) is 41.5 Å². The number of H-pyrrole nitrogens is 2. The number of pyridine rings is 1. The van der Waals surface area contributed by atoms with Gasteiger partial charge in [-0.15, -0.1) is 10.2 Å². The molecule has 0 radical (unpaired) electrons. The van der Waals surface area contributed by atoms with Gasteiger partial charge in [-0.25, -0.2) is 0 Å². The van der Waals surface area contributed by atoms with Gasteiger partial charge in [0, 0.05) is 23.5 Å². The lowest BCUT2D eigenvalue weighted by Gasteiger charge is -2.03. The van der Waals surface area contributed by atoms with Gasteiger partial charge < -0.3 is 10.3 Å². The molecule has 2 aromatic heterocycles. The summed E-state index contributed by atoms with van der Waals surface area (Å²) in [6.45, 7) is 0. The summed E-state index contributed by atoms with van der Waals surface area (Å²) >= 11 is 0. The van der Waals surface area contributed by atoms with E-state index < -0.39 is 0 Å². The van der Waals surface area contributed by atoms with E-state index in [1.54, 1.807) is 12.3 Å². The van der Waals surface area contributed by atoms with Crippen molar-refractivity contribution in [2.24, 2.45) is 0 Å². The highest BCUT2D eigenvalue weighted by molar-refractivity contribution is 5.85. The predicted molar refractivity (Wildman–Crippen MR) is 76.0 cm³/mol. The van der Waals surface area contributed by atoms with Crippen molar-refractivity contribution < 1.29 is 0 Å². The van der Waals surface area contributed by atoms with Crippen molar-refractivity contribution in [2.75, 3.05) is 5.32 Å². The molecule has 3 N–H and O–H groups in total. The number of nitriles is 1. The molecule has 2 heterocycles. The second-order valence-electron chi connectivity index (χ2n) is 4.16. The SMILES string of the molecule is N#CC(=CNc1ccc2cc[nH]c(=O)c2c1)c1nn[nH]n1. The molecule has 0 fully saturated rings. The summed E-state index contributed by atoms with van der Waals surface area (Å²) in [5.41, 5.74) is 0.736. The number of aromatic nitrogens is 5. The maximum atomic E-state index is 11.7. The molecule has 8 heteroatoms. The Morgan fingerprint density at radius 3 is 3.05 bits per heavy atom. The molecule has 8 nitrogen and oxygen atoms in total. The molecule has 1 aromatic carbocycles. The van der Waals surface area contributed by atoms with Gasteiger partial charge in [0.15, 0.2) is 0 Å². The summed E-state index contributed by atoms with van der Waals surface area (Å²) < 4.78 is 0. The summed E-state index contributed by atoms with van der Waals surface area (Å²) in [6, 6.07) is 9.12. The average molecular weight is 279 g/mol. The molecule has 0 aliphatic rings. The van der Waals surface area contributed by atoms with Crippen LogP contribution in [0.2, 0.25) is 0 Å². The second-order valence-corrected chi connectivity index (χ2v) is 4.16. The van der Waals surface area contributed by atoms with Gasteiger partial charge in [0.25, 0.3) is 5.56 Å². The van der Waals surface area contributed by atoms with Crippen LogP contribution in [0.1, 0.15) is 5.82 Å². The third-order valence-corrected chi connectivity index (χ3v) is 2.87. The van der Waals surface area contributed by atoms with Crippen LogP contribution in [0.25, 0.3) is 16.3 Å². The van der Waals surface area contributed by atoms with Crippen molar-refractivity contribution in [1.29, 1.82) is 5.26 Å². The van der Waals surface area contributed by atoms with E-state index in [1.165, 1.54) is 6.20 Å². The van der Waals surface area contributed by atoms with Gasteiger partial charge in [-0.1, -0.05) is 6.07 Å². The molecule has 3 aromatic rings. The van der Waals surface area contributed by atoms with E-state index in [4.69, 9.17) is 5.26 Å². The van der Waals surface area contributed by atoms with E-state index in [9.17, 15) is 4.79 Å². The van der Waals surface area contributed by atoms with Crippen molar-refractivity contribution >= 4 is 22.0 Å². The van der Waals surface area contributed by atoms with Crippen molar-refractivity contribution in [3.8, 4) is 6.07 Å². The molecule has 0 aliphatic carbocycles. The summed E-state index contributed by atoms with van der Waals surface area (Å²) in [5.74, 6) is 0.198. The normalized spacial score (nSPS) is 11.3. The van der Waals surface area contributed by atoms with Gasteiger partial charge in [0.05, 0.1) is 0 Å². The van der Waals surface area contributed by atoms with E-state index >= 15 is 0 Å². The molecular formula is C13H9N7O. The monoisotopic (exact) mass is 279 g/mol. The first-order valence-corrected chi connectivity index (χ1v) is 6.00. The lowest BCUT2D eigenvalue weighted by atomic mass is 10.1. The summed E-state index contributed by atoms with van der Waals surface area (Å²) in [6.07, 6.45) is 3.06. The second kappa shape index (κ2) is 5.26. The number of tetrazole rings is 1. The average Bonchev–Trinajstić information content (AvgIpc) is 3.03. The maximum absolute atomic E-state index is 11.7. The molecule has 0 aliphatic heterocycles. The molecular weight excluding hydrogens is 270 g/mol. The topological polar surface area (TPSA) is 123 Å². The fourth-order valence-corrected chi connectivity index (χ4v) is 1.85. The van der Waals surface area contributed by atoms with Crippen molar-refractivity contribution in [3.63, 3.8) is 0 Å². The van der Waals surface area contributed by atoms with Gasteiger partial charge in [0.1, 0.15) is 11.6 Å². The highest BCUT2D eigenvalue weighted by atomic mass is 16.1. The standard InChI is InChI=1S/C13H9N7O/c14-6-9(12-17-19-20-18-12)7-16-10-2-1-8-3-4-15-13(21)11(8)5-10/h1-5,7,16H,(H,15,21)(H,17,18,19,20). The van der Waals surface area contributed by atoms with Crippen LogP contribution in [-0.2, 0) is 0 Å². The Morgan fingerprint density at radius 2 is 2.29 bits per heavy atom. The van der Waals surface area contributed by atoms with Gasteiger partial charge in [0.2, 0.25) is 5.82 Å². The summed E-state index contributed by atoms with van der Waals surface area (Å²) in [7, 11) is 0. The fourth-order valence-electron chi connectivity index (χ4n) is 1.85. The first-order valence-electron chi connectivity index (χ1n) is 6.00. The van der Waals surface area contributed by atoms with Crippen LogP contribution < -0.4 is 10.9 Å². The van der Waals surface area contributed by atoms with Gasteiger partial charge in [-0.05, 0) is 28.8 Å². The molecule has 0 saturated heterocycles. The number of rotatable bonds is 3. The van der Waals surface area contributed by atoms with Crippen LogP contribution in [-0.4, -0.2) is 25.6 Å². The first kappa shape index (κ1) is 12.6. The minimum Gasteiger partial charge on any atom is -0.360 e. The Morgan fingerprint density at radius 1 is 1.38 bits per heavy atom. The number of allylic oxidation sites excluding steroid dienone is 1. The third kappa shape index (κ3) is 2.48. The quantitative estimate of drug-likeness (QED) is 0.615. The van der Waals surface area contributed by atoms with E-state index in [0.717, 1.165) is 5.39 Å². The number of anilines is 1. The van der Waals surface area contributed by atoms with Gasteiger partial charge >= 0.3 is 0 Å².